The monoisotopic (exact) mass is 942 g/mol. The maximum Gasteiger partial charge on any atom is 0.337 e. The minimum Gasteiger partial charge on any atom is -0.485 e. The van der Waals surface area contributed by atoms with E-state index in [1.165, 1.54) is 68.0 Å². The second kappa shape index (κ2) is 13.7. The number of aryl methyl sites for hydroxylation is 1. The van der Waals surface area contributed by atoms with E-state index < -0.39 is 22.3 Å². The summed E-state index contributed by atoms with van der Waals surface area (Å²) in [5.41, 5.74) is -0.359. The van der Waals surface area contributed by atoms with Crippen LogP contribution in [0.2, 0.25) is 0 Å². The minimum absolute atomic E-state index is 0.0146. The molecule has 11 rings (SSSR count). The summed E-state index contributed by atoms with van der Waals surface area (Å²) in [5, 5.41) is 7.24. The van der Waals surface area contributed by atoms with Crippen molar-refractivity contribution in [3.8, 4) is 85.7 Å². The third-order valence-corrected chi connectivity index (χ3v) is 18.1. The highest BCUT2D eigenvalue weighted by atomic mass is 32.1. The molecule has 0 N–H and O–H groups in total. The highest BCUT2D eigenvalue weighted by Crippen LogP contribution is 2.73. The number of hydrogen-bond acceptors (Lipinski definition) is 14. The van der Waals surface area contributed by atoms with Gasteiger partial charge in [-0.2, -0.15) is 17.6 Å². The normalized spacial score (nSPS) is 19.5. The lowest BCUT2D eigenvalue weighted by Gasteiger charge is -2.32. The molecule has 0 saturated heterocycles. The van der Waals surface area contributed by atoms with Crippen LogP contribution in [-0.2, 0) is 0 Å². The van der Waals surface area contributed by atoms with Crippen LogP contribution in [0.5, 0.6) is 46.0 Å². The van der Waals surface area contributed by atoms with Gasteiger partial charge in [0.2, 0.25) is 0 Å². The van der Waals surface area contributed by atoms with E-state index in [-0.39, 0.29) is 29.9 Å². The molecule has 0 fully saturated rings. The number of halogens is 4. The summed E-state index contributed by atoms with van der Waals surface area (Å²) in [7, 11) is 4.21. The molecule has 0 spiro atoms. The number of hydrogen-bond donors (Lipinski definition) is 0. The molecule has 4 aliphatic heterocycles. The van der Waals surface area contributed by atoms with Crippen LogP contribution < -0.4 is 37.9 Å². The standard InChI is InChI=1S/C38H28F4O8P2S6/c1-15-16(10-21(57-15)30-26-17(11-53-30)43-2-6-47-26)24-25(37(51,52)38(41,42)36(24,39)40)22-23(31-27-18(12-54-31)44-3-7-48-27)33(35-29-20(14-56-35)46-5-9-50-29)58-32(22)34-28-19(13-55-34)45-4-8-49-28/h10-14H,2-9,51-52H2,1H3. The van der Waals surface area contributed by atoms with Crippen LogP contribution in [0.1, 0.15) is 16.0 Å². The molecular formula is C38H28F4O8P2S6. The molecule has 2 unspecified atom stereocenters. The quantitative estimate of drug-likeness (QED) is 0.121. The van der Waals surface area contributed by atoms with Crippen LogP contribution in [-0.4, -0.2) is 69.6 Å². The number of alkyl halides is 4. The van der Waals surface area contributed by atoms with Crippen LogP contribution in [0, 0.1) is 6.92 Å². The Balaban J connectivity index is 1.27. The average Bonchev–Trinajstić information content (AvgIpc) is 4.08. The van der Waals surface area contributed by atoms with Crippen LogP contribution in [0.4, 0.5) is 17.6 Å². The van der Waals surface area contributed by atoms with Gasteiger partial charge in [-0.1, -0.05) is 0 Å². The lowest BCUT2D eigenvalue weighted by Crippen LogP contribution is -2.47. The molecule has 302 valence electrons. The Kier molecular flexibility index (Phi) is 8.96. The molecule has 58 heavy (non-hydrogen) atoms. The molecule has 0 aromatic carbocycles. The van der Waals surface area contributed by atoms with E-state index in [0.717, 1.165) is 0 Å². The van der Waals surface area contributed by atoms with E-state index >= 15 is 17.6 Å². The molecule has 0 radical (unpaired) electrons. The van der Waals surface area contributed by atoms with Crippen molar-refractivity contribution in [2.24, 2.45) is 0 Å². The van der Waals surface area contributed by atoms with Crippen LogP contribution in [0.3, 0.4) is 0 Å². The van der Waals surface area contributed by atoms with Gasteiger partial charge < -0.3 is 37.9 Å². The van der Waals surface area contributed by atoms with Crippen LogP contribution in [0.15, 0.2) is 27.6 Å². The molecule has 0 saturated carbocycles. The number of allylic oxidation sites excluding steroid dienone is 2. The van der Waals surface area contributed by atoms with Gasteiger partial charge in [0, 0.05) is 48.0 Å². The first-order valence-corrected chi connectivity index (χ1v) is 24.1. The number of ether oxygens (including phenoxy) is 8. The molecule has 1 aliphatic carbocycles. The molecule has 20 heteroatoms. The van der Waals surface area contributed by atoms with E-state index in [1.807, 2.05) is 10.8 Å². The Labute approximate surface area is 356 Å². The molecule has 8 nitrogen and oxygen atoms in total. The lowest BCUT2D eigenvalue weighted by atomic mass is 9.91. The minimum atomic E-state index is -4.64. The van der Waals surface area contributed by atoms with Crippen molar-refractivity contribution in [1.82, 2.24) is 0 Å². The summed E-state index contributed by atoms with van der Waals surface area (Å²) in [6.45, 7) is 4.19. The largest absolute Gasteiger partial charge is 0.485 e. The molecule has 5 aliphatic rings. The second-order valence-corrected chi connectivity index (χ2v) is 22.0. The summed E-state index contributed by atoms with van der Waals surface area (Å²) < 4.78 is 117. The summed E-state index contributed by atoms with van der Waals surface area (Å²) in [6, 6.07) is 1.58. The zero-order valence-electron chi connectivity index (χ0n) is 29.9. The summed E-state index contributed by atoms with van der Waals surface area (Å²) in [4.78, 5) is 2.00. The van der Waals surface area contributed by atoms with Gasteiger partial charge in [0.25, 0.3) is 0 Å². The first kappa shape index (κ1) is 37.9. The maximum atomic E-state index is 17.3. The van der Waals surface area contributed by atoms with Crippen molar-refractivity contribution >= 4 is 97.6 Å². The van der Waals surface area contributed by atoms with Crippen molar-refractivity contribution in [3.05, 3.63) is 43.6 Å². The van der Waals surface area contributed by atoms with Crippen molar-refractivity contribution < 1.29 is 55.5 Å². The third kappa shape index (κ3) is 5.37. The zero-order valence-corrected chi connectivity index (χ0v) is 37.1. The van der Waals surface area contributed by atoms with E-state index in [0.29, 0.717) is 130 Å². The van der Waals surface area contributed by atoms with E-state index in [9.17, 15) is 0 Å². The Morgan fingerprint density at radius 3 is 1.43 bits per heavy atom. The summed E-state index contributed by atoms with van der Waals surface area (Å²) in [5.74, 6) is -5.30. The second-order valence-electron chi connectivity index (χ2n) is 13.7. The predicted molar refractivity (Wildman–Crippen MR) is 229 cm³/mol. The predicted octanol–water partition coefficient (Wildman–Crippen LogP) is 11.8. The lowest BCUT2D eigenvalue weighted by molar-refractivity contribution is -0.162. The molecular weight excluding hydrogens is 915 g/mol. The van der Waals surface area contributed by atoms with E-state index in [1.54, 1.807) is 23.8 Å². The molecule has 6 aromatic heterocycles. The van der Waals surface area contributed by atoms with Crippen LogP contribution in [0.25, 0.3) is 50.8 Å². The molecule has 0 bridgehead atoms. The first-order valence-electron chi connectivity index (χ1n) is 17.8. The van der Waals surface area contributed by atoms with Gasteiger partial charge in [0.1, 0.15) is 52.9 Å². The van der Waals surface area contributed by atoms with Crippen molar-refractivity contribution in [1.29, 1.82) is 0 Å². The molecule has 10 heterocycles. The van der Waals surface area contributed by atoms with Crippen LogP contribution >= 0.6 is 86.5 Å². The zero-order chi connectivity index (χ0) is 39.7. The van der Waals surface area contributed by atoms with Gasteiger partial charge >= 0.3 is 11.8 Å². The van der Waals surface area contributed by atoms with Gasteiger partial charge in [-0.05, 0) is 24.1 Å². The summed E-state index contributed by atoms with van der Waals surface area (Å²) in [6.07, 6.45) is 0. The van der Waals surface area contributed by atoms with Gasteiger partial charge in [-0.15, -0.1) is 86.5 Å². The van der Waals surface area contributed by atoms with Gasteiger partial charge in [-0.3, -0.25) is 0 Å². The Hall–Kier alpha value is -3.08. The molecule has 0 amide bonds. The molecule has 6 aromatic rings. The van der Waals surface area contributed by atoms with Gasteiger partial charge in [-0.25, -0.2) is 0 Å². The average molecular weight is 943 g/mol. The van der Waals surface area contributed by atoms with E-state index in [4.69, 9.17) is 37.9 Å². The van der Waals surface area contributed by atoms with Crippen molar-refractivity contribution in [2.75, 3.05) is 52.9 Å². The maximum absolute atomic E-state index is 17.3. The Morgan fingerprint density at radius 1 is 0.500 bits per heavy atom. The number of fused-ring (bicyclic) bond motifs is 4. The van der Waals surface area contributed by atoms with Crippen molar-refractivity contribution in [2.45, 2.75) is 23.7 Å². The highest BCUT2D eigenvalue weighted by molar-refractivity contribution is 7.42. The Morgan fingerprint density at radius 2 is 0.914 bits per heavy atom. The fraction of sp³-hybridized carbons (Fsp3) is 0.316. The van der Waals surface area contributed by atoms with Crippen molar-refractivity contribution in [3.63, 3.8) is 0 Å². The number of thiophene rings is 6. The van der Waals surface area contributed by atoms with E-state index in [2.05, 4.69) is 18.5 Å². The third-order valence-electron chi connectivity index (χ3n) is 10.3. The Bertz CT molecular complexity index is 2680. The first-order chi connectivity index (χ1) is 28.0. The SMILES string of the molecule is Cc1sc(-c2scc3c2OCCO3)cc1C1=C(c2c(-c3scc4c3OCCO4)sc(-c3scc4c3OCCO4)c2-c2scc3c2OCCO3)C(P)(P)C(F)(F)C1(F)F. The van der Waals surface area contributed by atoms with Gasteiger partial charge in [0.15, 0.2) is 46.0 Å². The fourth-order valence-corrected chi connectivity index (χ4v) is 15.3. The van der Waals surface area contributed by atoms with Gasteiger partial charge in [0.05, 0.1) is 34.2 Å². The smallest absolute Gasteiger partial charge is 0.337 e. The summed E-state index contributed by atoms with van der Waals surface area (Å²) >= 11 is 7.86. The topological polar surface area (TPSA) is 73.8 Å². The number of rotatable bonds is 6. The fourth-order valence-electron chi connectivity index (χ4n) is 7.73. The highest BCUT2D eigenvalue weighted by Gasteiger charge is 2.75. The molecule has 2 atom stereocenters.